The van der Waals surface area contributed by atoms with Gasteiger partial charge in [0.05, 0.1) is 0 Å². The molecule has 0 aliphatic rings. The Morgan fingerprint density at radius 3 is 1.45 bits per heavy atom. The van der Waals surface area contributed by atoms with Crippen molar-refractivity contribution in [3.05, 3.63) is 6.43 Å². The van der Waals surface area contributed by atoms with Gasteiger partial charge in [-0.3, -0.25) is 0 Å². The standard InChI is InChI=1S/C4H2F7/c5-1-3(8,9)4(10,11)2(6)7/h1H2. The van der Waals surface area contributed by atoms with Crippen LogP contribution in [0.1, 0.15) is 0 Å². The number of rotatable bonds is 3. The van der Waals surface area contributed by atoms with Crippen LogP contribution < -0.4 is 0 Å². The highest BCUT2D eigenvalue weighted by atomic mass is 19.3. The first-order valence-corrected chi connectivity index (χ1v) is 2.25. The fourth-order valence-electron chi connectivity index (χ4n) is 0.222. The minimum atomic E-state index is -5.68. The molecular weight excluding hydrogens is 181 g/mol. The Morgan fingerprint density at radius 1 is 1.00 bits per heavy atom. The number of hydrogen-bond donors (Lipinski definition) is 0. The molecule has 0 bridgehead atoms. The van der Waals surface area contributed by atoms with Crippen LogP contribution in [0, 0.1) is 6.43 Å². The van der Waals surface area contributed by atoms with Crippen LogP contribution in [0.2, 0.25) is 0 Å². The van der Waals surface area contributed by atoms with Crippen molar-refractivity contribution >= 4 is 0 Å². The molecule has 0 atom stereocenters. The molecule has 0 saturated carbocycles. The van der Waals surface area contributed by atoms with Gasteiger partial charge in [0, 0.05) is 0 Å². The Labute approximate surface area is 57.0 Å². The Bertz CT molecular complexity index is 128. The van der Waals surface area contributed by atoms with Gasteiger partial charge in [0.1, 0.15) is 0 Å². The smallest absolute Gasteiger partial charge is 0.244 e. The van der Waals surface area contributed by atoms with Crippen molar-refractivity contribution < 1.29 is 30.7 Å². The molecule has 0 nitrogen and oxygen atoms in total. The van der Waals surface area contributed by atoms with Crippen LogP contribution in [0.25, 0.3) is 0 Å². The fraction of sp³-hybridized carbons (Fsp3) is 0.750. The lowest BCUT2D eigenvalue weighted by Gasteiger charge is -2.21. The van der Waals surface area contributed by atoms with Crippen molar-refractivity contribution in [2.45, 2.75) is 11.8 Å². The van der Waals surface area contributed by atoms with Crippen LogP contribution in [-0.2, 0) is 0 Å². The summed E-state index contributed by atoms with van der Waals surface area (Å²) in [5.74, 6) is -11.0. The molecule has 0 rings (SSSR count). The third-order valence-electron chi connectivity index (χ3n) is 0.865. The number of hydrogen-bond acceptors (Lipinski definition) is 0. The predicted molar refractivity (Wildman–Crippen MR) is 21.3 cm³/mol. The van der Waals surface area contributed by atoms with Crippen molar-refractivity contribution in [1.82, 2.24) is 0 Å². The SMILES string of the molecule is FCC(F)(F)C(F)(F)[C](F)F. The summed E-state index contributed by atoms with van der Waals surface area (Å²) in [7, 11) is 0. The van der Waals surface area contributed by atoms with E-state index in [1.165, 1.54) is 0 Å². The lowest BCUT2D eigenvalue weighted by Crippen LogP contribution is -2.44. The van der Waals surface area contributed by atoms with E-state index in [0.29, 0.717) is 0 Å². The van der Waals surface area contributed by atoms with Crippen molar-refractivity contribution in [3.8, 4) is 0 Å². The highest BCUT2D eigenvalue weighted by molar-refractivity contribution is 4.95. The average molecular weight is 183 g/mol. The van der Waals surface area contributed by atoms with E-state index in [2.05, 4.69) is 0 Å². The van der Waals surface area contributed by atoms with E-state index in [4.69, 9.17) is 0 Å². The molecule has 11 heavy (non-hydrogen) atoms. The van der Waals surface area contributed by atoms with E-state index in [1.54, 1.807) is 0 Å². The second-order valence-electron chi connectivity index (χ2n) is 1.67. The van der Waals surface area contributed by atoms with Crippen LogP contribution in [0.3, 0.4) is 0 Å². The summed E-state index contributed by atoms with van der Waals surface area (Å²) in [6.45, 7) is -2.82. The second kappa shape index (κ2) is 2.86. The molecule has 0 unspecified atom stereocenters. The summed E-state index contributed by atoms with van der Waals surface area (Å²) in [6, 6.07) is 0. The van der Waals surface area contributed by atoms with Crippen LogP contribution in [0.5, 0.6) is 0 Å². The maximum atomic E-state index is 11.6. The summed E-state index contributed by atoms with van der Waals surface area (Å²) >= 11 is 0. The van der Waals surface area contributed by atoms with E-state index in [-0.39, 0.29) is 0 Å². The van der Waals surface area contributed by atoms with Crippen LogP contribution >= 0.6 is 0 Å². The molecule has 0 spiro atoms. The highest BCUT2D eigenvalue weighted by Crippen LogP contribution is 2.42. The van der Waals surface area contributed by atoms with Gasteiger partial charge in [-0.25, -0.2) is 4.39 Å². The Hall–Kier alpha value is -0.490. The highest BCUT2D eigenvalue weighted by Gasteiger charge is 2.64. The summed E-state index contributed by atoms with van der Waals surface area (Å²) in [6.07, 6.45) is -3.79. The Kier molecular flexibility index (Phi) is 2.74. The number of alkyl halides is 5. The summed E-state index contributed by atoms with van der Waals surface area (Å²) < 4.78 is 79.3. The Balaban J connectivity index is 4.53. The topological polar surface area (TPSA) is 0 Å². The summed E-state index contributed by atoms with van der Waals surface area (Å²) in [5.41, 5.74) is 0. The zero-order valence-corrected chi connectivity index (χ0v) is 4.85. The first-order chi connectivity index (χ1) is 4.75. The monoisotopic (exact) mass is 183 g/mol. The molecule has 67 valence electrons. The zero-order valence-electron chi connectivity index (χ0n) is 4.85. The van der Waals surface area contributed by atoms with Gasteiger partial charge >= 0.3 is 18.3 Å². The summed E-state index contributed by atoms with van der Waals surface area (Å²) in [4.78, 5) is 0. The average Bonchev–Trinajstić information content (AvgIpc) is 1.87. The van der Waals surface area contributed by atoms with Gasteiger partial charge in [0.2, 0.25) is 0 Å². The van der Waals surface area contributed by atoms with Crippen LogP contribution in [0.4, 0.5) is 30.7 Å². The van der Waals surface area contributed by atoms with Crippen LogP contribution in [-0.4, -0.2) is 18.5 Å². The van der Waals surface area contributed by atoms with Gasteiger partial charge in [0.25, 0.3) is 0 Å². The molecule has 0 amide bonds. The van der Waals surface area contributed by atoms with Gasteiger partial charge in [-0.2, -0.15) is 26.3 Å². The molecule has 0 fully saturated rings. The van der Waals surface area contributed by atoms with Gasteiger partial charge in [-0.15, -0.1) is 0 Å². The lowest BCUT2D eigenvalue weighted by molar-refractivity contribution is -0.233. The molecule has 7 heteroatoms. The van der Waals surface area contributed by atoms with E-state index < -0.39 is 24.9 Å². The molecule has 0 N–H and O–H groups in total. The van der Waals surface area contributed by atoms with E-state index >= 15 is 0 Å². The van der Waals surface area contributed by atoms with Gasteiger partial charge in [-0.05, 0) is 0 Å². The molecular formula is C4H2F7. The second-order valence-corrected chi connectivity index (χ2v) is 1.67. The van der Waals surface area contributed by atoms with Crippen LogP contribution in [0.15, 0.2) is 0 Å². The van der Waals surface area contributed by atoms with E-state index in [9.17, 15) is 30.7 Å². The molecule has 0 aromatic carbocycles. The molecule has 1 radical (unpaired) electrons. The van der Waals surface area contributed by atoms with Crippen molar-refractivity contribution in [2.24, 2.45) is 0 Å². The molecule has 0 aromatic heterocycles. The fourth-order valence-corrected chi connectivity index (χ4v) is 0.222. The van der Waals surface area contributed by atoms with Gasteiger partial charge < -0.3 is 0 Å². The quantitative estimate of drug-likeness (QED) is 0.590. The first-order valence-electron chi connectivity index (χ1n) is 2.25. The number of halogens is 7. The lowest BCUT2D eigenvalue weighted by atomic mass is 10.2. The van der Waals surface area contributed by atoms with E-state index in [1.807, 2.05) is 0 Å². The van der Waals surface area contributed by atoms with E-state index in [0.717, 1.165) is 0 Å². The maximum absolute atomic E-state index is 11.6. The molecule has 0 heterocycles. The molecule has 0 aliphatic carbocycles. The van der Waals surface area contributed by atoms with Crippen molar-refractivity contribution in [3.63, 3.8) is 0 Å². The molecule has 0 saturated heterocycles. The maximum Gasteiger partial charge on any atom is 0.384 e. The van der Waals surface area contributed by atoms with Crippen molar-refractivity contribution in [1.29, 1.82) is 0 Å². The first kappa shape index (κ1) is 10.5. The summed E-state index contributed by atoms with van der Waals surface area (Å²) in [5, 5.41) is 0. The van der Waals surface area contributed by atoms with Gasteiger partial charge in [-0.1, -0.05) is 0 Å². The minimum Gasteiger partial charge on any atom is -0.244 e. The predicted octanol–water partition coefficient (Wildman–Crippen LogP) is 2.65. The molecule has 0 aliphatic heterocycles. The normalized spacial score (nSPS) is 14.2. The zero-order chi connectivity index (χ0) is 9.28. The third-order valence-corrected chi connectivity index (χ3v) is 0.865. The largest absolute Gasteiger partial charge is 0.384 e. The van der Waals surface area contributed by atoms with Gasteiger partial charge in [0.15, 0.2) is 6.67 Å². The van der Waals surface area contributed by atoms with Crippen molar-refractivity contribution in [2.75, 3.05) is 6.67 Å². The minimum absolute atomic E-state index is 2.82. The Morgan fingerprint density at radius 2 is 1.36 bits per heavy atom. The molecule has 0 aromatic rings. The third kappa shape index (κ3) is 1.75.